The van der Waals surface area contributed by atoms with Crippen LogP contribution in [0.1, 0.15) is 32.1 Å². The van der Waals surface area contributed by atoms with E-state index in [2.05, 4.69) is 10.2 Å². The van der Waals surface area contributed by atoms with Crippen LogP contribution in [0.3, 0.4) is 0 Å². The molecule has 1 aliphatic heterocycles. The summed E-state index contributed by atoms with van der Waals surface area (Å²) in [6.45, 7) is 0. The Labute approximate surface area is 126 Å². The quantitative estimate of drug-likeness (QED) is 0.908. The highest BCUT2D eigenvalue weighted by molar-refractivity contribution is 6.33. The van der Waals surface area contributed by atoms with E-state index >= 15 is 0 Å². The van der Waals surface area contributed by atoms with Gasteiger partial charge in [0.2, 0.25) is 0 Å². The Morgan fingerprint density at radius 2 is 2.05 bits per heavy atom. The highest BCUT2D eigenvalue weighted by Crippen LogP contribution is 2.44. The maximum absolute atomic E-state index is 11.6. The van der Waals surface area contributed by atoms with E-state index in [9.17, 15) is 9.90 Å². The molecule has 1 saturated carbocycles. The number of hydrogen-bond donors (Lipinski definition) is 1. The van der Waals surface area contributed by atoms with Gasteiger partial charge in [-0.25, -0.2) is 4.79 Å². The minimum Gasteiger partial charge on any atom is -0.480 e. The summed E-state index contributed by atoms with van der Waals surface area (Å²) in [5.41, 5.74) is 0.591. The predicted octanol–water partition coefficient (Wildman–Crippen LogP) is 3.01. The van der Waals surface area contributed by atoms with E-state index in [1.165, 1.54) is 6.42 Å². The van der Waals surface area contributed by atoms with Crippen LogP contribution >= 0.6 is 23.2 Å². The van der Waals surface area contributed by atoms with E-state index in [-0.39, 0.29) is 16.3 Å². The Balaban J connectivity index is 2.02. The Bertz CT molecular complexity index is 540. The molecule has 1 saturated heterocycles. The van der Waals surface area contributed by atoms with Crippen LogP contribution in [0.5, 0.6) is 0 Å². The number of nitrogens with zero attached hydrogens (tertiary/aromatic N) is 3. The number of aliphatic carboxylic acids is 1. The number of rotatable bonds is 2. The van der Waals surface area contributed by atoms with Crippen molar-refractivity contribution >= 4 is 34.9 Å². The van der Waals surface area contributed by atoms with Gasteiger partial charge in [0, 0.05) is 12.1 Å². The van der Waals surface area contributed by atoms with Gasteiger partial charge in [0.15, 0.2) is 10.3 Å². The third-order valence-corrected chi connectivity index (χ3v) is 4.81. The van der Waals surface area contributed by atoms with Crippen LogP contribution in [0.4, 0.5) is 5.69 Å². The lowest BCUT2D eigenvalue weighted by atomic mass is 9.84. The molecule has 0 aromatic carbocycles. The lowest BCUT2D eigenvalue weighted by molar-refractivity contribution is -0.138. The molecule has 5 nitrogen and oxygen atoms in total. The van der Waals surface area contributed by atoms with Crippen molar-refractivity contribution in [1.29, 1.82) is 0 Å². The van der Waals surface area contributed by atoms with Gasteiger partial charge >= 0.3 is 5.97 Å². The van der Waals surface area contributed by atoms with E-state index in [0.29, 0.717) is 18.0 Å². The average molecular weight is 316 g/mol. The largest absolute Gasteiger partial charge is 0.480 e. The molecule has 108 valence electrons. The fourth-order valence-electron chi connectivity index (χ4n) is 3.55. The molecule has 0 bridgehead atoms. The van der Waals surface area contributed by atoms with Crippen LogP contribution in [0.15, 0.2) is 6.07 Å². The van der Waals surface area contributed by atoms with E-state index in [1.54, 1.807) is 6.07 Å². The van der Waals surface area contributed by atoms with Gasteiger partial charge in [-0.15, -0.1) is 10.2 Å². The minimum atomic E-state index is -0.816. The summed E-state index contributed by atoms with van der Waals surface area (Å²) in [4.78, 5) is 13.5. The number of carbonyl (C=O) groups is 1. The molecule has 20 heavy (non-hydrogen) atoms. The number of halogens is 2. The summed E-state index contributed by atoms with van der Waals surface area (Å²) in [5, 5.41) is 17.4. The second-order valence-corrected chi connectivity index (χ2v) is 6.20. The summed E-state index contributed by atoms with van der Waals surface area (Å²) < 4.78 is 0. The molecule has 0 radical (unpaired) electrons. The number of hydrogen-bond acceptors (Lipinski definition) is 4. The molecule has 3 atom stereocenters. The van der Waals surface area contributed by atoms with Crippen LogP contribution in [0.2, 0.25) is 10.3 Å². The van der Waals surface area contributed by atoms with Crippen molar-refractivity contribution in [3.05, 3.63) is 16.4 Å². The van der Waals surface area contributed by atoms with Gasteiger partial charge in [-0.3, -0.25) is 0 Å². The number of aromatic nitrogens is 2. The molecule has 1 N–H and O–H groups in total. The van der Waals surface area contributed by atoms with Crippen molar-refractivity contribution in [3.8, 4) is 0 Å². The van der Waals surface area contributed by atoms with Crippen molar-refractivity contribution in [2.24, 2.45) is 5.92 Å². The average Bonchev–Trinajstić information content (AvgIpc) is 2.81. The normalized spacial score (nSPS) is 29.3. The minimum absolute atomic E-state index is 0.211. The Morgan fingerprint density at radius 3 is 2.80 bits per heavy atom. The van der Waals surface area contributed by atoms with E-state index in [0.717, 1.165) is 19.3 Å². The van der Waals surface area contributed by atoms with Crippen molar-refractivity contribution in [1.82, 2.24) is 10.2 Å². The third-order valence-electron chi connectivity index (χ3n) is 4.35. The van der Waals surface area contributed by atoms with Crippen molar-refractivity contribution in [2.45, 2.75) is 44.2 Å². The van der Waals surface area contributed by atoms with Crippen molar-refractivity contribution in [2.75, 3.05) is 4.90 Å². The summed E-state index contributed by atoms with van der Waals surface area (Å²) in [6, 6.07) is 1.27. The molecule has 1 aromatic rings. The summed E-state index contributed by atoms with van der Waals surface area (Å²) in [7, 11) is 0. The van der Waals surface area contributed by atoms with Crippen LogP contribution in [0.25, 0.3) is 0 Å². The number of anilines is 1. The van der Waals surface area contributed by atoms with E-state index in [4.69, 9.17) is 23.2 Å². The molecule has 1 aromatic heterocycles. The van der Waals surface area contributed by atoms with Crippen LogP contribution in [0, 0.1) is 5.92 Å². The van der Waals surface area contributed by atoms with Gasteiger partial charge in [-0.2, -0.15) is 0 Å². The zero-order valence-corrected chi connectivity index (χ0v) is 12.3. The maximum Gasteiger partial charge on any atom is 0.326 e. The fourth-order valence-corrected chi connectivity index (χ4v) is 3.88. The second-order valence-electron chi connectivity index (χ2n) is 5.45. The van der Waals surface area contributed by atoms with Gasteiger partial charge in [0.1, 0.15) is 6.04 Å². The lowest BCUT2D eigenvalue weighted by Crippen LogP contribution is -2.42. The van der Waals surface area contributed by atoms with Crippen molar-refractivity contribution in [3.63, 3.8) is 0 Å². The van der Waals surface area contributed by atoms with E-state index < -0.39 is 12.0 Å². The van der Waals surface area contributed by atoms with Crippen LogP contribution < -0.4 is 4.90 Å². The van der Waals surface area contributed by atoms with Crippen LogP contribution in [-0.4, -0.2) is 33.4 Å². The molecule has 2 aliphatic rings. The fraction of sp³-hybridized carbons (Fsp3) is 0.615. The predicted molar refractivity (Wildman–Crippen MR) is 76.3 cm³/mol. The van der Waals surface area contributed by atoms with Gasteiger partial charge in [0.25, 0.3) is 0 Å². The first-order valence-electron chi connectivity index (χ1n) is 6.78. The summed E-state index contributed by atoms with van der Waals surface area (Å²) in [6.07, 6.45) is 5.02. The zero-order chi connectivity index (χ0) is 14.3. The molecule has 7 heteroatoms. The van der Waals surface area contributed by atoms with Gasteiger partial charge in [-0.05, 0) is 25.2 Å². The van der Waals surface area contributed by atoms with Gasteiger partial charge in [-0.1, -0.05) is 36.0 Å². The highest BCUT2D eigenvalue weighted by Gasteiger charge is 2.46. The highest BCUT2D eigenvalue weighted by atomic mass is 35.5. The Kier molecular flexibility index (Phi) is 3.73. The number of carboxylic acid groups (broad SMARTS) is 1. The number of fused-ring (bicyclic) bond motifs is 1. The van der Waals surface area contributed by atoms with Gasteiger partial charge in [0.05, 0.1) is 5.69 Å². The molecular formula is C13H15Cl2N3O2. The zero-order valence-electron chi connectivity index (χ0n) is 10.8. The smallest absolute Gasteiger partial charge is 0.326 e. The summed E-state index contributed by atoms with van der Waals surface area (Å²) >= 11 is 12.0. The molecule has 0 amide bonds. The summed E-state index contributed by atoms with van der Waals surface area (Å²) in [5.74, 6) is -0.406. The van der Waals surface area contributed by atoms with Gasteiger partial charge < -0.3 is 10.0 Å². The molecule has 3 rings (SSSR count). The third kappa shape index (κ3) is 2.33. The van der Waals surface area contributed by atoms with Crippen molar-refractivity contribution < 1.29 is 9.90 Å². The molecule has 2 heterocycles. The monoisotopic (exact) mass is 315 g/mol. The Morgan fingerprint density at radius 1 is 1.30 bits per heavy atom. The first-order valence-corrected chi connectivity index (χ1v) is 7.53. The second kappa shape index (κ2) is 5.37. The number of carboxylic acids is 1. The van der Waals surface area contributed by atoms with Crippen LogP contribution in [-0.2, 0) is 4.79 Å². The SMILES string of the molecule is O=C(O)C1CC2CCCCC2N1c1cc(Cl)nnc1Cl. The first kappa shape index (κ1) is 13.9. The molecular weight excluding hydrogens is 301 g/mol. The molecule has 3 unspecified atom stereocenters. The lowest BCUT2D eigenvalue weighted by Gasteiger charge is -2.34. The maximum atomic E-state index is 11.6. The Hall–Kier alpha value is -1.07. The standard InChI is InChI=1S/C13H15Cl2N3O2/c14-11-6-9(12(15)17-16-11)18-8-4-2-1-3-7(8)5-10(18)13(19)20/h6-8,10H,1-5H2,(H,19,20). The molecule has 0 spiro atoms. The first-order chi connectivity index (χ1) is 9.58. The molecule has 2 fully saturated rings. The topological polar surface area (TPSA) is 66.3 Å². The van der Waals surface area contributed by atoms with E-state index in [1.807, 2.05) is 4.90 Å². The molecule has 1 aliphatic carbocycles.